The average Bonchev–Trinajstić information content (AvgIpc) is 3.20. The van der Waals surface area contributed by atoms with Crippen LogP contribution in [0.3, 0.4) is 0 Å². The molecule has 3 rings (SSSR count). The van der Waals surface area contributed by atoms with Crippen LogP contribution in [0, 0.1) is 24.0 Å². The highest BCUT2D eigenvalue weighted by atomic mass is 35.5. The van der Waals surface area contributed by atoms with Gasteiger partial charge in [-0.1, -0.05) is 22.8 Å². The van der Waals surface area contributed by atoms with Gasteiger partial charge in [-0.2, -0.15) is 5.10 Å². The first kappa shape index (κ1) is 17.6. The fraction of sp³-hybridized carbons (Fsp3) is 0.188. The number of carbonyl (C=O) groups excluding carboxylic acids is 1. The maximum Gasteiger partial charge on any atom is 0.307 e. The van der Waals surface area contributed by atoms with Crippen LogP contribution in [0.1, 0.15) is 27.4 Å². The third-order valence-electron chi connectivity index (χ3n) is 3.87. The molecule has 26 heavy (non-hydrogen) atoms. The smallest absolute Gasteiger partial charge is 0.307 e. The number of nitrogens with one attached hydrogen (secondary N) is 1. The topological polar surface area (TPSA) is 116 Å². The molecule has 2 aromatic heterocycles. The molecular formula is C16H14ClN5O4. The summed E-state index contributed by atoms with van der Waals surface area (Å²) in [7, 11) is 0. The van der Waals surface area contributed by atoms with Gasteiger partial charge in [0.25, 0.3) is 5.91 Å². The van der Waals surface area contributed by atoms with Crippen molar-refractivity contribution >= 4 is 28.9 Å². The van der Waals surface area contributed by atoms with Crippen molar-refractivity contribution in [2.45, 2.75) is 20.4 Å². The number of anilines is 1. The highest BCUT2D eigenvalue weighted by Crippen LogP contribution is 2.24. The lowest BCUT2D eigenvalue weighted by atomic mass is 10.1. The second-order valence-corrected chi connectivity index (χ2v) is 5.99. The molecule has 9 nitrogen and oxygen atoms in total. The zero-order valence-electron chi connectivity index (χ0n) is 13.9. The van der Waals surface area contributed by atoms with Crippen molar-refractivity contribution in [3.05, 3.63) is 68.3 Å². The lowest BCUT2D eigenvalue weighted by molar-refractivity contribution is -0.385. The molecule has 0 aliphatic carbocycles. The molecule has 0 saturated heterocycles. The van der Waals surface area contributed by atoms with Gasteiger partial charge in [0.1, 0.15) is 18.2 Å². The van der Waals surface area contributed by atoms with Crippen molar-refractivity contribution in [1.29, 1.82) is 0 Å². The van der Waals surface area contributed by atoms with Gasteiger partial charge in [-0.15, -0.1) is 0 Å². The largest absolute Gasteiger partial charge is 0.361 e. The summed E-state index contributed by atoms with van der Waals surface area (Å²) in [4.78, 5) is 22.8. The summed E-state index contributed by atoms with van der Waals surface area (Å²) >= 11 is 6.06. The van der Waals surface area contributed by atoms with E-state index in [1.807, 2.05) is 0 Å². The van der Waals surface area contributed by atoms with Crippen LogP contribution >= 0.6 is 11.6 Å². The highest BCUT2D eigenvalue weighted by Gasteiger charge is 2.22. The van der Waals surface area contributed by atoms with E-state index in [1.54, 1.807) is 32.0 Å². The van der Waals surface area contributed by atoms with E-state index < -0.39 is 10.8 Å². The normalized spacial score (nSPS) is 10.7. The van der Waals surface area contributed by atoms with Crippen LogP contribution in [0.15, 0.2) is 35.1 Å². The van der Waals surface area contributed by atoms with Crippen LogP contribution in [0.5, 0.6) is 0 Å². The van der Waals surface area contributed by atoms with Crippen LogP contribution in [-0.4, -0.2) is 25.8 Å². The van der Waals surface area contributed by atoms with Crippen LogP contribution in [0.25, 0.3) is 0 Å². The molecule has 10 heteroatoms. The summed E-state index contributed by atoms with van der Waals surface area (Å²) in [6.45, 7) is 3.55. The second kappa shape index (κ2) is 6.96. The van der Waals surface area contributed by atoms with Crippen molar-refractivity contribution in [2.24, 2.45) is 0 Å². The van der Waals surface area contributed by atoms with E-state index in [4.69, 9.17) is 16.1 Å². The van der Waals surface area contributed by atoms with E-state index >= 15 is 0 Å². The molecule has 3 aromatic rings. The monoisotopic (exact) mass is 375 g/mol. The van der Waals surface area contributed by atoms with E-state index in [0.29, 0.717) is 22.0 Å². The molecule has 0 spiro atoms. The summed E-state index contributed by atoms with van der Waals surface area (Å²) in [5.41, 5.74) is 1.72. The molecule has 0 aliphatic rings. The summed E-state index contributed by atoms with van der Waals surface area (Å²) in [5.74, 6) is -0.0417. The quantitative estimate of drug-likeness (QED) is 0.540. The Bertz CT molecular complexity index is 994. The van der Waals surface area contributed by atoms with Crippen molar-refractivity contribution in [3.8, 4) is 0 Å². The Kier molecular flexibility index (Phi) is 4.72. The van der Waals surface area contributed by atoms with Gasteiger partial charge in [-0.3, -0.25) is 19.6 Å². The van der Waals surface area contributed by atoms with E-state index in [-0.39, 0.29) is 17.9 Å². The minimum absolute atomic E-state index is 0.0834. The van der Waals surface area contributed by atoms with Gasteiger partial charge in [0.05, 0.1) is 11.5 Å². The minimum Gasteiger partial charge on any atom is -0.361 e. The van der Waals surface area contributed by atoms with Gasteiger partial charge in [0.2, 0.25) is 0 Å². The van der Waals surface area contributed by atoms with Gasteiger partial charge in [-0.05, 0) is 31.5 Å². The number of benzene rings is 1. The van der Waals surface area contributed by atoms with E-state index in [9.17, 15) is 14.9 Å². The number of hydrogen-bond donors (Lipinski definition) is 1. The fourth-order valence-electron chi connectivity index (χ4n) is 2.38. The predicted molar refractivity (Wildman–Crippen MR) is 93.4 cm³/mol. The molecule has 0 atom stereocenters. The number of amides is 1. The molecule has 0 bridgehead atoms. The third kappa shape index (κ3) is 3.42. The van der Waals surface area contributed by atoms with Gasteiger partial charge in [0.15, 0.2) is 5.69 Å². The Morgan fingerprint density at radius 3 is 2.88 bits per heavy atom. The van der Waals surface area contributed by atoms with Gasteiger partial charge < -0.3 is 9.84 Å². The maximum atomic E-state index is 12.6. The summed E-state index contributed by atoms with van der Waals surface area (Å²) < 4.78 is 6.47. The molecule has 1 N–H and O–H groups in total. The summed E-state index contributed by atoms with van der Waals surface area (Å²) in [6, 6.07) is 5.17. The first-order valence-corrected chi connectivity index (χ1v) is 7.93. The number of aromatic nitrogens is 3. The Morgan fingerprint density at radius 2 is 2.19 bits per heavy atom. The molecule has 1 amide bonds. The number of halogens is 1. The molecule has 0 aliphatic heterocycles. The number of rotatable bonds is 5. The number of hydrogen-bond acceptors (Lipinski definition) is 6. The first-order valence-electron chi connectivity index (χ1n) is 7.55. The molecule has 0 radical (unpaired) electrons. The number of nitro groups is 1. The molecule has 134 valence electrons. The summed E-state index contributed by atoms with van der Waals surface area (Å²) in [5, 5.41) is 21.8. The Morgan fingerprint density at radius 1 is 1.42 bits per heavy atom. The third-order valence-corrected chi connectivity index (χ3v) is 4.28. The SMILES string of the molecule is Cc1onc(C(=O)Nc2cccc(Cl)c2C)c1Cn1cc([N+](=O)[O-])cn1. The Balaban J connectivity index is 1.85. The standard InChI is InChI=1S/C16H14ClN5O4/c1-9-13(17)4-3-5-14(9)19-16(23)15-12(10(2)26-20-15)8-21-7-11(6-18-21)22(24)25/h3-7H,8H2,1-2H3,(H,19,23). The van der Waals surface area contributed by atoms with Crippen molar-refractivity contribution in [3.63, 3.8) is 0 Å². The predicted octanol–water partition coefficient (Wildman–Crippen LogP) is 3.35. The lowest BCUT2D eigenvalue weighted by Gasteiger charge is -2.09. The van der Waals surface area contributed by atoms with Gasteiger partial charge >= 0.3 is 5.69 Å². The average molecular weight is 376 g/mol. The molecule has 0 unspecified atom stereocenters. The van der Waals surface area contributed by atoms with E-state index in [2.05, 4.69) is 15.6 Å². The first-order chi connectivity index (χ1) is 12.4. The molecule has 0 fully saturated rings. The number of nitrogens with zero attached hydrogens (tertiary/aromatic N) is 4. The fourth-order valence-corrected chi connectivity index (χ4v) is 2.55. The van der Waals surface area contributed by atoms with Gasteiger partial charge in [0, 0.05) is 16.3 Å². The highest BCUT2D eigenvalue weighted by molar-refractivity contribution is 6.31. The molecule has 1 aromatic carbocycles. The van der Waals surface area contributed by atoms with Crippen LogP contribution in [-0.2, 0) is 6.54 Å². The molecular weight excluding hydrogens is 362 g/mol. The number of aryl methyl sites for hydroxylation is 1. The van der Waals surface area contributed by atoms with Crippen molar-refractivity contribution in [2.75, 3.05) is 5.32 Å². The van der Waals surface area contributed by atoms with Crippen LogP contribution < -0.4 is 5.32 Å². The number of carbonyl (C=O) groups is 1. The van der Waals surface area contributed by atoms with Crippen molar-refractivity contribution in [1.82, 2.24) is 14.9 Å². The lowest BCUT2D eigenvalue weighted by Crippen LogP contribution is -2.16. The van der Waals surface area contributed by atoms with Crippen LogP contribution in [0.2, 0.25) is 5.02 Å². The Hall–Kier alpha value is -3.20. The maximum absolute atomic E-state index is 12.6. The molecule has 2 heterocycles. The zero-order chi connectivity index (χ0) is 18.8. The van der Waals surface area contributed by atoms with Crippen LogP contribution in [0.4, 0.5) is 11.4 Å². The zero-order valence-corrected chi connectivity index (χ0v) is 14.6. The summed E-state index contributed by atoms with van der Waals surface area (Å²) in [6.07, 6.45) is 2.41. The van der Waals surface area contributed by atoms with E-state index in [1.165, 1.54) is 10.9 Å². The second-order valence-electron chi connectivity index (χ2n) is 5.59. The minimum atomic E-state index is -0.542. The van der Waals surface area contributed by atoms with Gasteiger partial charge in [-0.25, -0.2) is 0 Å². The van der Waals surface area contributed by atoms with E-state index in [0.717, 1.165) is 11.8 Å². The van der Waals surface area contributed by atoms with Crippen molar-refractivity contribution < 1.29 is 14.2 Å². The molecule has 0 saturated carbocycles. The Labute approximate surface area is 152 Å².